The number of nitrogens with zero attached hydrogens (tertiary/aromatic N) is 2. The van der Waals surface area contributed by atoms with E-state index in [1.165, 1.54) is 12.5 Å². The zero-order valence-corrected chi connectivity index (χ0v) is 23.5. The van der Waals surface area contributed by atoms with Crippen LogP contribution in [0, 0.1) is 0 Å². The second kappa shape index (κ2) is 13.6. The Kier molecular flexibility index (Phi) is 10.2. The molecular weight excluding hydrogens is 502 g/mol. The minimum Gasteiger partial charge on any atom is -0.493 e. The third-order valence-corrected chi connectivity index (χ3v) is 9.50. The average Bonchev–Trinajstić information content (AvgIpc) is 3.26. The molecule has 0 saturated carbocycles. The number of rotatable bonds is 11. The summed E-state index contributed by atoms with van der Waals surface area (Å²) < 4.78 is 39.0. The number of piperidine rings is 1. The topological polar surface area (TPSA) is 88.2 Å². The largest absolute Gasteiger partial charge is 0.493 e. The summed E-state index contributed by atoms with van der Waals surface area (Å²) in [5, 5.41) is 3.35. The number of methoxy groups -OCH3 is 2. The molecule has 0 spiro atoms. The van der Waals surface area contributed by atoms with Gasteiger partial charge >= 0.3 is 0 Å². The number of ketones is 1. The summed E-state index contributed by atoms with van der Waals surface area (Å²) in [5.74, 6) is 1.25. The molecular formula is C29H41N3O5S. The van der Waals surface area contributed by atoms with Crippen molar-refractivity contribution < 1.29 is 22.7 Å². The van der Waals surface area contributed by atoms with Gasteiger partial charge < -0.3 is 14.8 Å². The highest BCUT2D eigenvalue weighted by molar-refractivity contribution is 7.89. The van der Waals surface area contributed by atoms with Gasteiger partial charge in [0.25, 0.3) is 0 Å². The first-order chi connectivity index (χ1) is 18.4. The van der Waals surface area contributed by atoms with Gasteiger partial charge in [0.15, 0.2) is 17.3 Å². The maximum absolute atomic E-state index is 13.2. The SMILES string of the molecule is COc1ccc(C(CNCC(=O)c2cccc(S(=O)(=O)N3CCCCCC3)c2)N2CCCCC2)cc1OC. The van der Waals surface area contributed by atoms with Crippen LogP contribution >= 0.6 is 0 Å². The highest BCUT2D eigenvalue weighted by Crippen LogP contribution is 2.33. The standard InChI is InChI=1S/C29H41N3O5S/c1-36-28-14-13-23(20-29(28)37-2)26(31-15-6-5-7-16-31)21-30-22-27(33)24-11-10-12-25(19-24)38(34,35)32-17-8-3-4-9-18-32/h10-14,19-20,26,30H,3-9,15-18,21-22H2,1-2H3. The lowest BCUT2D eigenvalue weighted by atomic mass is 10.0. The van der Waals surface area contributed by atoms with Gasteiger partial charge in [-0.1, -0.05) is 37.5 Å². The molecule has 1 atom stereocenters. The van der Waals surface area contributed by atoms with Gasteiger partial charge in [-0.25, -0.2) is 8.42 Å². The molecule has 208 valence electrons. The molecule has 4 rings (SSSR count). The second-order valence-electron chi connectivity index (χ2n) is 10.1. The summed E-state index contributed by atoms with van der Waals surface area (Å²) in [6.45, 7) is 3.81. The Labute approximate surface area is 227 Å². The van der Waals surface area contributed by atoms with Crippen molar-refractivity contribution in [3.63, 3.8) is 0 Å². The molecule has 0 aromatic heterocycles. The van der Waals surface area contributed by atoms with Crippen LogP contribution in [0.5, 0.6) is 11.5 Å². The van der Waals surface area contributed by atoms with Crippen LogP contribution in [0.3, 0.4) is 0 Å². The van der Waals surface area contributed by atoms with Crippen molar-refractivity contribution in [2.75, 3.05) is 53.5 Å². The van der Waals surface area contributed by atoms with Crippen LogP contribution in [0.15, 0.2) is 47.4 Å². The minimum atomic E-state index is -3.61. The number of carbonyl (C=O) groups is 1. The molecule has 2 heterocycles. The highest BCUT2D eigenvalue weighted by Gasteiger charge is 2.26. The smallest absolute Gasteiger partial charge is 0.243 e. The van der Waals surface area contributed by atoms with Crippen LogP contribution in [0.2, 0.25) is 0 Å². The second-order valence-corrected chi connectivity index (χ2v) is 12.1. The minimum absolute atomic E-state index is 0.0812. The van der Waals surface area contributed by atoms with Crippen LogP contribution in [0.25, 0.3) is 0 Å². The van der Waals surface area contributed by atoms with Crippen molar-refractivity contribution in [1.82, 2.24) is 14.5 Å². The molecule has 2 fully saturated rings. The summed E-state index contributed by atoms with van der Waals surface area (Å²) in [7, 11) is -0.346. The third-order valence-electron chi connectivity index (χ3n) is 7.61. The van der Waals surface area contributed by atoms with E-state index in [-0.39, 0.29) is 23.3 Å². The summed E-state index contributed by atoms with van der Waals surface area (Å²) in [5.41, 5.74) is 1.52. The van der Waals surface area contributed by atoms with Crippen LogP contribution in [0.1, 0.15) is 66.9 Å². The first-order valence-electron chi connectivity index (χ1n) is 13.7. The van der Waals surface area contributed by atoms with Crippen LogP contribution in [-0.4, -0.2) is 76.9 Å². The van der Waals surface area contributed by atoms with Crippen LogP contribution in [0.4, 0.5) is 0 Å². The third kappa shape index (κ3) is 6.94. The predicted molar refractivity (Wildman–Crippen MR) is 149 cm³/mol. The van der Waals surface area contributed by atoms with E-state index in [9.17, 15) is 13.2 Å². The number of Topliss-reactive ketones (excluding diaryl/α,β-unsaturated/α-hetero) is 1. The van der Waals surface area contributed by atoms with E-state index in [0.29, 0.717) is 36.7 Å². The number of nitrogens with one attached hydrogen (secondary N) is 1. The Morgan fingerprint density at radius 3 is 2.21 bits per heavy atom. The van der Waals surface area contributed by atoms with E-state index in [2.05, 4.69) is 16.3 Å². The molecule has 38 heavy (non-hydrogen) atoms. The van der Waals surface area contributed by atoms with Crippen molar-refractivity contribution in [3.05, 3.63) is 53.6 Å². The Morgan fingerprint density at radius 2 is 1.53 bits per heavy atom. The maximum atomic E-state index is 13.2. The molecule has 0 aliphatic carbocycles. The predicted octanol–water partition coefficient (Wildman–Crippen LogP) is 4.27. The number of hydrogen-bond acceptors (Lipinski definition) is 7. The monoisotopic (exact) mass is 543 g/mol. The lowest BCUT2D eigenvalue weighted by Gasteiger charge is -2.35. The van der Waals surface area contributed by atoms with E-state index in [1.807, 2.05) is 12.1 Å². The van der Waals surface area contributed by atoms with Crippen molar-refractivity contribution in [3.8, 4) is 11.5 Å². The molecule has 1 N–H and O–H groups in total. The first kappa shape index (κ1) is 28.5. The number of likely N-dealkylation sites (tertiary alicyclic amines) is 1. The van der Waals surface area contributed by atoms with Gasteiger partial charge in [0.1, 0.15) is 0 Å². The zero-order valence-electron chi connectivity index (χ0n) is 22.7. The molecule has 8 nitrogen and oxygen atoms in total. The van der Waals surface area contributed by atoms with E-state index in [4.69, 9.17) is 9.47 Å². The highest BCUT2D eigenvalue weighted by atomic mass is 32.2. The number of sulfonamides is 1. The fraction of sp³-hybridized carbons (Fsp3) is 0.552. The molecule has 2 saturated heterocycles. The molecule has 0 bridgehead atoms. The first-order valence-corrected chi connectivity index (χ1v) is 15.2. The van der Waals surface area contributed by atoms with Gasteiger partial charge in [-0.15, -0.1) is 0 Å². The molecule has 2 aromatic carbocycles. The van der Waals surface area contributed by atoms with Crippen LogP contribution in [-0.2, 0) is 10.0 Å². The fourth-order valence-electron chi connectivity index (χ4n) is 5.43. The molecule has 2 aliphatic rings. The van der Waals surface area contributed by atoms with Gasteiger partial charge in [0.05, 0.1) is 25.7 Å². The summed E-state index contributed by atoms with van der Waals surface area (Å²) >= 11 is 0. The fourth-order valence-corrected chi connectivity index (χ4v) is 7.00. The summed E-state index contributed by atoms with van der Waals surface area (Å²) in [4.78, 5) is 15.8. The summed E-state index contributed by atoms with van der Waals surface area (Å²) in [6, 6.07) is 12.6. The van der Waals surface area contributed by atoms with E-state index < -0.39 is 10.0 Å². The van der Waals surface area contributed by atoms with Gasteiger partial charge in [0.2, 0.25) is 10.0 Å². The number of ether oxygens (including phenoxy) is 2. The summed E-state index contributed by atoms with van der Waals surface area (Å²) in [6.07, 6.45) is 7.40. The van der Waals surface area contributed by atoms with Crippen molar-refractivity contribution in [2.45, 2.75) is 55.9 Å². The zero-order chi connectivity index (χ0) is 27.0. The molecule has 0 amide bonds. The van der Waals surface area contributed by atoms with Crippen molar-refractivity contribution in [1.29, 1.82) is 0 Å². The number of carbonyl (C=O) groups excluding carboxylic acids is 1. The van der Waals surface area contributed by atoms with E-state index in [1.54, 1.807) is 36.7 Å². The van der Waals surface area contributed by atoms with E-state index in [0.717, 1.165) is 57.2 Å². The Bertz CT molecular complexity index is 1170. The Morgan fingerprint density at radius 1 is 0.868 bits per heavy atom. The molecule has 2 aliphatic heterocycles. The van der Waals surface area contributed by atoms with Gasteiger partial charge in [-0.2, -0.15) is 4.31 Å². The van der Waals surface area contributed by atoms with E-state index >= 15 is 0 Å². The molecule has 2 aromatic rings. The lowest BCUT2D eigenvalue weighted by Crippen LogP contribution is -2.40. The molecule has 0 radical (unpaired) electrons. The van der Waals surface area contributed by atoms with Gasteiger partial charge in [-0.05, 0) is 68.6 Å². The van der Waals surface area contributed by atoms with Crippen LogP contribution < -0.4 is 14.8 Å². The lowest BCUT2D eigenvalue weighted by molar-refractivity contribution is 0.0983. The quantitative estimate of drug-likeness (QED) is 0.424. The number of benzene rings is 2. The Balaban J connectivity index is 1.44. The van der Waals surface area contributed by atoms with Gasteiger partial charge in [0, 0.05) is 31.2 Å². The maximum Gasteiger partial charge on any atom is 0.243 e. The number of hydrogen-bond donors (Lipinski definition) is 1. The van der Waals surface area contributed by atoms with Gasteiger partial charge in [-0.3, -0.25) is 9.69 Å². The normalized spacial score (nSPS) is 18.5. The van der Waals surface area contributed by atoms with Crippen molar-refractivity contribution in [2.24, 2.45) is 0 Å². The molecule has 9 heteroatoms. The molecule has 1 unspecified atom stereocenters. The Hall–Kier alpha value is -2.46. The van der Waals surface area contributed by atoms with Crippen molar-refractivity contribution >= 4 is 15.8 Å². The average molecular weight is 544 g/mol.